The van der Waals surface area contributed by atoms with Gasteiger partial charge in [0, 0.05) is 19.0 Å². The summed E-state index contributed by atoms with van der Waals surface area (Å²) in [5.74, 6) is -0.465. The molecule has 2 aromatic carbocycles. The predicted octanol–water partition coefficient (Wildman–Crippen LogP) is 3.03. The molecule has 0 bridgehead atoms. The Morgan fingerprint density at radius 3 is 2.46 bits per heavy atom. The van der Waals surface area contributed by atoms with Gasteiger partial charge in [-0.1, -0.05) is 55.5 Å². The van der Waals surface area contributed by atoms with Crippen LogP contribution in [0.15, 0.2) is 48.5 Å². The first-order valence-corrected chi connectivity index (χ1v) is 9.79. The summed E-state index contributed by atoms with van der Waals surface area (Å²) in [5.41, 5.74) is 4.61. The van der Waals surface area contributed by atoms with Gasteiger partial charge >= 0.3 is 5.97 Å². The third kappa shape index (κ3) is 4.42. The number of aryl methyl sites for hydroxylation is 1. The lowest BCUT2D eigenvalue weighted by Crippen LogP contribution is -2.51. The third-order valence-corrected chi connectivity index (χ3v) is 5.49. The van der Waals surface area contributed by atoms with Crippen LogP contribution in [0.25, 0.3) is 0 Å². The Morgan fingerprint density at radius 1 is 1.14 bits per heavy atom. The van der Waals surface area contributed by atoms with Crippen LogP contribution in [0.5, 0.6) is 0 Å². The number of benzene rings is 2. The van der Waals surface area contributed by atoms with E-state index in [-0.39, 0.29) is 24.5 Å². The van der Waals surface area contributed by atoms with Gasteiger partial charge in [-0.2, -0.15) is 0 Å². The molecule has 0 aliphatic carbocycles. The fourth-order valence-electron chi connectivity index (χ4n) is 3.63. The van der Waals surface area contributed by atoms with Crippen LogP contribution in [0.2, 0.25) is 0 Å². The Labute approximate surface area is 166 Å². The van der Waals surface area contributed by atoms with E-state index in [1.807, 2.05) is 31.2 Å². The Balaban J connectivity index is 1.68. The number of hydrogen-bond acceptors (Lipinski definition) is 4. The molecule has 0 radical (unpaired) electrons. The van der Waals surface area contributed by atoms with E-state index in [0.29, 0.717) is 13.0 Å². The molecule has 2 aromatic rings. The predicted molar refractivity (Wildman–Crippen MR) is 109 cm³/mol. The molecule has 0 saturated heterocycles. The minimum atomic E-state index is -0.576. The van der Waals surface area contributed by atoms with Gasteiger partial charge in [-0.05, 0) is 35.6 Å². The second-order valence-electron chi connectivity index (χ2n) is 7.23. The fourth-order valence-corrected chi connectivity index (χ4v) is 3.63. The summed E-state index contributed by atoms with van der Waals surface area (Å²) in [4.78, 5) is 26.8. The Bertz CT molecular complexity index is 832. The molecule has 0 saturated carbocycles. The zero-order chi connectivity index (χ0) is 20.1. The van der Waals surface area contributed by atoms with E-state index in [2.05, 4.69) is 36.5 Å². The first-order valence-electron chi connectivity index (χ1n) is 9.79. The van der Waals surface area contributed by atoms with E-state index in [0.717, 1.165) is 23.1 Å². The molecule has 5 heteroatoms. The second kappa shape index (κ2) is 9.02. The first kappa shape index (κ1) is 20.1. The molecule has 1 N–H and O–H groups in total. The Kier molecular flexibility index (Phi) is 6.47. The average Bonchev–Trinajstić information content (AvgIpc) is 2.75. The summed E-state index contributed by atoms with van der Waals surface area (Å²) < 4.78 is 4.95. The molecule has 0 aromatic heterocycles. The summed E-state index contributed by atoms with van der Waals surface area (Å²) in [6.45, 7) is 4.77. The van der Waals surface area contributed by atoms with Gasteiger partial charge in [0.1, 0.15) is 6.04 Å². The molecule has 0 spiro atoms. The molecule has 2 unspecified atom stereocenters. The zero-order valence-corrected chi connectivity index (χ0v) is 16.8. The van der Waals surface area contributed by atoms with Gasteiger partial charge in [-0.25, -0.2) is 4.79 Å². The summed E-state index contributed by atoms with van der Waals surface area (Å²) in [6, 6.07) is 15.8. The molecule has 148 valence electrons. The largest absolute Gasteiger partial charge is 0.467 e. The van der Waals surface area contributed by atoms with Crippen LogP contribution in [-0.4, -0.2) is 36.5 Å². The van der Waals surface area contributed by atoms with Crippen molar-refractivity contribution in [2.24, 2.45) is 0 Å². The Hall–Kier alpha value is -2.66. The highest BCUT2D eigenvalue weighted by Crippen LogP contribution is 2.24. The van der Waals surface area contributed by atoms with Crippen molar-refractivity contribution < 1.29 is 14.3 Å². The maximum atomic E-state index is 12.9. The maximum Gasteiger partial charge on any atom is 0.328 e. The molecular weight excluding hydrogens is 352 g/mol. The standard InChI is InChI=1S/C23H28N2O3/c1-4-17-9-11-18(12-10-17)16(2)24-14-22(26)25-15-20-8-6-5-7-19(20)13-21(25)23(27)28-3/h5-12,16,21,24H,4,13-15H2,1-3H3. The molecular formula is C23H28N2O3. The normalized spacial score (nSPS) is 17.0. The van der Waals surface area contributed by atoms with Gasteiger partial charge in [0.05, 0.1) is 13.7 Å². The lowest BCUT2D eigenvalue weighted by molar-refractivity contribution is -0.153. The molecule has 5 nitrogen and oxygen atoms in total. The highest BCUT2D eigenvalue weighted by atomic mass is 16.5. The highest BCUT2D eigenvalue weighted by Gasteiger charge is 2.35. The molecule has 2 atom stereocenters. The summed E-state index contributed by atoms with van der Waals surface area (Å²) in [7, 11) is 1.37. The van der Waals surface area contributed by atoms with Crippen LogP contribution in [0.3, 0.4) is 0 Å². The van der Waals surface area contributed by atoms with E-state index in [1.165, 1.54) is 12.7 Å². The summed E-state index contributed by atoms with van der Waals surface area (Å²) in [6.07, 6.45) is 1.49. The van der Waals surface area contributed by atoms with E-state index in [4.69, 9.17) is 4.74 Å². The van der Waals surface area contributed by atoms with Crippen LogP contribution >= 0.6 is 0 Å². The highest BCUT2D eigenvalue weighted by molar-refractivity contribution is 5.86. The molecule has 1 aliphatic rings. The number of ether oxygens (including phenoxy) is 1. The molecule has 3 rings (SSSR count). The first-order chi connectivity index (χ1) is 13.5. The smallest absolute Gasteiger partial charge is 0.328 e. The van der Waals surface area contributed by atoms with Crippen molar-refractivity contribution in [1.29, 1.82) is 0 Å². The van der Waals surface area contributed by atoms with Crippen molar-refractivity contribution >= 4 is 11.9 Å². The number of amides is 1. The fraction of sp³-hybridized carbons (Fsp3) is 0.391. The van der Waals surface area contributed by atoms with Crippen LogP contribution in [0, 0.1) is 0 Å². The van der Waals surface area contributed by atoms with Gasteiger partial charge in [0.25, 0.3) is 0 Å². The second-order valence-corrected chi connectivity index (χ2v) is 7.23. The number of carbonyl (C=O) groups is 2. The van der Waals surface area contributed by atoms with Crippen molar-refractivity contribution in [1.82, 2.24) is 10.2 Å². The quantitative estimate of drug-likeness (QED) is 0.783. The van der Waals surface area contributed by atoms with Crippen LogP contribution in [0.1, 0.15) is 42.1 Å². The van der Waals surface area contributed by atoms with E-state index < -0.39 is 6.04 Å². The van der Waals surface area contributed by atoms with Gasteiger partial charge in [-0.3, -0.25) is 4.79 Å². The van der Waals surface area contributed by atoms with Crippen LogP contribution in [-0.2, 0) is 33.7 Å². The number of nitrogens with one attached hydrogen (secondary N) is 1. The molecule has 0 fully saturated rings. The van der Waals surface area contributed by atoms with Crippen LogP contribution in [0.4, 0.5) is 0 Å². The van der Waals surface area contributed by atoms with Crippen LogP contribution < -0.4 is 5.32 Å². The minimum absolute atomic E-state index is 0.0449. The number of fused-ring (bicyclic) bond motifs is 1. The SMILES string of the molecule is CCc1ccc(C(C)NCC(=O)N2Cc3ccccc3CC2C(=O)OC)cc1. The van der Waals surface area contributed by atoms with E-state index in [1.54, 1.807) is 4.90 Å². The van der Waals surface area contributed by atoms with Crippen molar-refractivity contribution in [2.45, 2.75) is 45.3 Å². The lowest BCUT2D eigenvalue weighted by Gasteiger charge is -2.35. The number of hydrogen-bond donors (Lipinski definition) is 1. The molecule has 1 heterocycles. The van der Waals surface area contributed by atoms with Gasteiger partial charge in [-0.15, -0.1) is 0 Å². The maximum absolute atomic E-state index is 12.9. The monoisotopic (exact) mass is 380 g/mol. The summed E-state index contributed by atoms with van der Waals surface area (Å²) >= 11 is 0. The van der Waals surface area contributed by atoms with Gasteiger partial charge in [0.15, 0.2) is 0 Å². The van der Waals surface area contributed by atoms with Gasteiger partial charge < -0.3 is 15.0 Å². The topological polar surface area (TPSA) is 58.6 Å². The minimum Gasteiger partial charge on any atom is -0.467 e. The third-order valence-electron chi connectivity index (χ3n) is 5.49. The van der Waals surface area contributed by atoms with Crippen molar-refractivity contribution in [2.75, 3.05) is 13.7 Å². The number of esters is 1. The van der Waals surface area contributed by atoms with E-state index in [9.17, 15) is 9.59 Å². The summed E-state index contributed by atoms with van der Waals surface area (Å²) in [5, 5.41) is 3.29. The van der Waals surface area contributed by atoms with Gasteiger partial charge in [0.2, 0.25) is 5.91 Å². The number of methoxy groups -OCH3 is 1. The number of nitrogens with zero attached hydrogens (tertiary/aromatic N) is 1. The van der Waals surface area contributed by atoms with Crippen molar-refractivity contribution in [3.8, 4) is 0 Å². The van der Waals surface area contributed by atoms with Crippen molar-refractivity contribution in [3.63, 3.8) is 0 Å². The molecule has 1 aliphatic heterocycles. The number of carbonyl (C=O) groups excluding carboxylic acids is 2. The number of rotatable bonds is 6. The molecule has 28 heavy (non-hydrogen) atoms. The zero-order valence-electron chi connectivity index (χ0n) is 16.8. The Morgan fingerprint density at radius 2 is 1.82 bits per heavy atom. The average molecular weight is 380 g/mol. The van der Waals surface area contributed by atoms with Crippen molar-refractivity contribution in [3.05, 3.63) is 70.8 Å². The lowest BCUT2D eigenvalue weighted by atomic mass is 9.94. The van der Waals surface area contributed by atoms with E-state index >= 15 is 0 Å². The molecule has 1 amide bonds.